The molecule has 0 bridgehead atoms. The van der Waals surface area contributed by atoms with E-state index in [1.54, 1.807) is 29.1 Å². The van der Waals surface area contributed by atoms with Crippen LogP contribution in [0.5, 0.6) is 0 Å². The highest BCUT2D eigenvalue weighted by molar-refractivity contribution is 9.10. The minimum atomic E-state index is -4.61. The van der Waals surface area contributed by atoms with E-state index in [0.717, 1.165) is 35.1 Å². The smallest absolute Gasteiger partial charge is 0.322 e. The van der Waals surface area contributed by atoms with Gasteiger partial charge in [-0.25, -0.2) is 9.50 Å². The van der Waals surface area contributed by atoms with Gasteiger partial charge >= 0.3 is 6.18 Å². The number of hydrogen-bond acceptors (Lipinski definition) is 4. The summed E-state index contributed by atoms with van der Waals surface area (Å²) in [6, 6.07) is 8.18. The third-order valence-electron chi connectivity index (χ3n) is 5.15. The summed E-state index contributed by atoms with van der Waals surface area (Å²) < 4.78 is 44.0. The van der Waals surface area contributed by atoms with Crippen molar-refractivity contribution in [2.75, 3.05) is 5.32 Å². The Morgan fingerprint density at radius 3 is 2.69 bits per heavy atom. The predicted molar refractivity (Wildman–Crippen MR) is 113 cm³/mol. The molecule has 0 saturated heterocycles. The molecule has 1 aliphatic carbocycles. The lowest BCUT2D eigenvalue weighted by Crippen LogP contribution is -2.16. The standard InChI is InChI=1S/C21H16BrF3N6O/c22-14-8-26-30(11-14)10-12-2-1-3-15(6-12)28-20(32)16-9-27-31-18(21(23,24)25)7-17(13-4-5-13)29-19(16)31/h1-3,6-9,11,13H,4-5,10H2,(H,28,32). The van der Waals surface area contributed by atoms with Crippen molar-refractivity contribution >= 4 is 33.2 Å². The molecule has 7 nitrogen and oxygen atoms in total. The first-order valence-electron chi connectivity index (χ1n) is 9.82. The summed E-state index contributed by atoms with van der Waals surface area (Å²) in [4.78, 5) is 17.2. The molecule has 1 fully saturated rings. The quantitative estimate of drug-likeness (QED) is 0.420. The highest BCUT2D eigenvalue weighted by Crippen LogP contribution is 2.41. The highest BCUT2D eigenvalue weighted by Gasteiger charge is 2.38. The normalized spacial score (nSPS) is 14.1. The van der Waals surface area contributed by atoms with E-state index in [1.807, 2.05) is 12.3 Å². The van der Waals surface area contributed by atoms with E-state index in [1.165, 1.54) is 0 Å². The van der Waals surface area contributed by atoms with Crippen LogP contribution >= 0.6 is 15.9 Å². The van der Waals surface area contributed by atoms with Crippen LogP contribution in [0.4, 0.5) is 18.9 Å². The van der Waals surface area contributed by atoms with Gasteiger partial charge in [0.25, 0.3) is 5.91 Å². The summed E-state index contributed by atoms with van der Waals surface area (Å²) in [7, 11) is 0. The van der Waals surface area contributed by atoms with Gasteiger partial charge in [-0.1, -0.05) is 12.1 Å². The van der Waals surface area contributed by atoms with Crippen molar-refractivity contribution in [2.24, 2.45) is 0 Å². The third-order valence-corrected chi connectivity index (χ3v) is 5.56. The third kappa shape index (κ3) is 4.12. The molecule has 4 aromatic rings. The molecule has 3 heterocycles. The van der Waals surface area contributed by atoms with Gasteiger partial charge in [-0.2, -0.15) is 23.4 Å². The van der Waals surface area contributed by atoms with Crippen LogP contribution in [-0.4, -0.2) is 30.3 Å². The number of benzene rings is 1. The molecule has 0 aliphatic heterocycles. The van der Waals surface area contributed by atoms with Gasteiger partial charge in [0.2, 0.25) is 0 Å². The maximum atomic E-state index is 13.6. The van der Waals surface area contributed by atoms with E-state index in [0.29, 0.717) is 22.4 Å². The second-order valence-electron chi connectivity index (χ2n) is 7.64. The van der Waals surface area contributed by atoms with E-state index in [-0.39, 0.29) is 17.1 Å². The molecule has 5 rings (SSSR count). The molecule has 0 radical (unpaired) electrons. The van der Waals surface area contributed by atoms with Crippen LogP contribution in [0.1, 0.15) is 46.1 Å². The number of amides is 1. The van der Waals surface area contributed by atoms with Crippen molar-refractivity contribution in [3.05, 3.63) is 75.9 Å². The fraction of sp³-hybridized carbons (Fsp3) is 0.238. The van der Waals surface area contributed by atoms with Gasteiger partial charge in [-0.3, -0.25) is 9.48 Å². The molecule has 0 atom stereocenters. The van der Waals surface area contributed by atoms with E-state index < -0.39 is 17.8 Å². The Labute approximate surface area is 188 Å². The van der Waals surface area contributed by atoms with Gasteiger partial charge in [0.15, 0.2) is 5.65 Å². The van der Waals surface area contributed by atoms with Crippen molar-refractivity contribution in [3.8, 4) is 0 Å². The van der Waals surface area contributed by atoms with Crippen molar-refractivity contribution in [1.29, 1.82) is 0 Å². The minimum absolute atomic E-state index is 0.00840. The zero-order valence-electron chi connectivity index (χ0n) is 16.5. The monoisotopic (exact) mass is 504 g/mol. The number of hydrogen-bond donors (Lipinski definition) is 1. The second-order valence-corrected chi connectivity index (χ2v) is 8.56. The number of carbonyl (C=O) groups excluding carboxylic acids is 1. The number of fused-ring (bicyclic) bond motifs is 1. The Morgan fingerprint density at radius 1 is 1.19 bits per heavy atom. The first-order chi connectivity index (χ1) is 15.3. The average molecular weight is 505 g/mol. The van der Waals surface area contributed by atoms with Crippen LogP contribution in [0.25, 0.3) is 5.65 Å². The topological polar surface area (TPSA) is 77.1 Å². The highest BCUT2D eigenvalue weighted by atomic mass is 79.9. The van der Waals surface area contributed by atoms with Gasteiger partial charge in [0.1, 0.15) is 11.3 Å². The van der Waals surface area contributed by atoms with E-state index in [2.05, 4.69) is 36.4 Å². The van der Waals surface area contributed by atoms with Crippen molar-refractivity contribution in [1.82, 2.24) is 24.4 Å². The summed E-state index contributed by atoms with van der Waals surface area (Å²) >= 11 is 3.34. The van der Waals surface area contributed by atoms with Crippen molar-refractivity contribution in [3.63, 3.8) is 0 Å². The van der Waals surface area contributed by atoms with Crippen molar-refractivity contribution in [2.45, 2.75) is 31.5 Å². The van der Waals surface area contributed by atoms with Gasteiger partial charge < -0.3 is 5.32 Å². The number of halogens is 4. The molecule has 164 valence electrons. The zero-order valence-corrected chi connectivity index (χ0v) is 18.1. The van der Waals surface area contributed by atoms with Crippen LogP contribution in [0.3, 0.4) is 0 Å². The Morgan fingerprint density at radius 2 is 2.00 bits per heavy atom. The molecular formula is C21H16BrF3N6O. The molecule has 1 aromatic carbocycles. The van der Waals surface area contributed by atoms with E-state index >= 15 is 0 Å². The number of rotatable bonds is 5. The Bertz CT molecular complexity index is 1320. The summed E-state index contributed by atoms with van der Waals surface area (Å²) in [5.41, 5.74) is 0.693. The maximum Gasteiger partial charge on any atom is 0.433 e. The van der Waals surface area contributed by atoms with Crippen LogP contribution in [0.2, 0.25) is 0 Å². The first-order valence-corrected chi connectivity index (χ1v) is 10.6. The van der Waals surface area contributed by atoms with Crippen LogP contribution < -0.4 is 5.32 Å². The van der Waals surface area contributed by atoms with Gasteiger partial charge in [-0.15, -0.1) is 0 Å². The molecule has 0 spiro atoms. The molecule has 3 aromatic heterocycles. The molecule has 1 amide bonds. The molecule has 0 unspecified atom stereocenters. The molecule has 1 aliphatic rings. The Hall–Kier alpha value is -3.21. The minimum Gasteiger partial charge on any atom is -0.322 e. The SMILES string of the molecule is O=C(Nc1cccc(Cn2cc(Br)cn2)c1)c1cnn2c(C(F)(F)F)cc(C3CC3)nc12. The summed E-state index contributed by atoms with van der Waals surface area (Å²) in [5, 5.41) is 10.7. The predicted octanol–water partition coefficient (Wildman–Crippen LogP) is 4.89. The zero-order chi connectivity index (χ0) is 22.5. The fourth-order valence-electron chi connectivity index (χ4n) is 3.49. The number of aromatic nitrogens is 5. The summed E-state index contributed by atoms with van der Waals surface area (Å²) in [6.45, 7) is 0.493. The molecule has 1 N–H and O–H groups in total. The number of carbonyl (C=O) groups is 1. The van der Waals surface area contributed by atoms with E-state index in [9.17, 15) is 18.0 Å². The number of nitrogens with one attached hydrogen (secondary N) is 1. The average Bonchev–Trinajstić information content (AvgIpc) is 3.37. The molecule has 32 heavy (non-hydrogen) atoms. The fourth-order valence-corrected chi connectivity index (χ4v) is 3.82. The van der Waals surface area contributed by atoms with E-state index in [4.69, 9.17) is 0 Å². The van der Waals surface area contributed by atoms with Gasteiger partial charge in [0.05, 0.1) is 23.4 Å². The summed E-state index contributed by atoms with van der Waals surface area (Å²) in [5.74, 6) is -0.585. The largest absolute Gasteiger partial charge is 0.433 e. The number of nitrogens with zero attached hydrogens (tertiary/aromatic N) is 5. The number of anilines is 1. The van der Waals surface area contributed by atoms with Crippen LogP contribution in [0.15, 0.2) is 53.4 Å². The summed E-state index contributed by atoms with van der Waals surface area (Å²) in [6.07, 6.45) is 1.58. The van der Waals surface area contributed by atoms with Crippen molar-refractivity contribution < 1.29 is 18.0 Å². The molecule has 1 saturated carbocycles. The Kier molecular flexibility index (Phi) is 5.00. The van der Waals surface area contributed by atoms with Gasteiger partial charge in [-0.05, 0) is 52.5 Å². The molecular weight excluding hydrogens is 489 g/mol. The Balaban J connectivity index is 1.44. The lowest BCUT2D eigenvalue weighted by molar-refractivity contribution is -0.142. The van der Waals surface area contributed by atoms with Gasteiger partial charge in [0, 0.05) is 23.5 Å². The molecule has 11 heteroatoms. The number of alkyl halides is 3. The lowest BCUT2D eigenvalue weighted by atomic mass is 10.2. The lowest BCUT2D eigenvalue weighted by Gasteiger charge is -2.11. The van der Waals surface area contributed by atoms with Crippen LogP contribution in [-0.2, 0) is 12.7 Å². The first kappa shape index (κ1) is 20.7. The van der Waals surface area contributed by atoms with Crippen LogP contribution in [0, 0.1) is 0 Å². The second kappa shape index (κ2) is 7.73. The maximum absolute atomic E-state index is 13.6.